The normalized spacial score (nSPS) is 11.6. The number of anilines is 1. The van der Waals surface area contributed by atoms with Crippen LogP contribution in [0.5, 0.6) is 0 Å². The molecule has 2 aromatic carbocycles. The van der Waals surface area contributed by atoms with E-state index in [1.54, 1.807) is 36.0 Å². The summed E-state index contributed by atoms with van der Waals surface area (Å²) in [6.07, 6.45) is 0. The van der Waals surface area contributed by atoms with E-state index >= 15 is 0 Å². The van der Waals surface area contributed by atoms with Crippen LogP contribution in [0.15, 0.2) is 59.5 Å². The largest absolute Gasteiger partial charge is 0.347 e. The van der Waals surface area contributed by atoms with Crippen LogP contribution in [0.4, 0.5) is 5.69 Å². The van der Waals surface area contributed by atoms with Gasteiger partial charge in [-0.3, -0.25) is 9.59 Å². The van der Waals surface area contributed by atoms with Gasteiger partial charge in [-0.25, -0.2) is 0 Å². The molecule has 24 heavy (non-hydrogen) atoms. The van der Waals surface area contributed by atoms with E-state index in [0.29, 0.717) is 16.5 Å². The first kappa shape index (κ1) is 18.4. The van der Waals surface area contributed by atoms with Gasteiger partial charge >= 0.3 is 0 Å². The summed E-state index contributed by atoms with van der Waals surface area (Å²) in [5.41, 5.74) is 0.645. The molecule has 0 fully saturated rings. The van der Waals surface area contributed by atoms with Crippen molar-refractivity contribution in [2.75, 3.05) is 17.6 Å². The van der Waals surface area contributed by atoms with Crippen LogP contribution in [0.25, 0.3) is 0 Å². The molecule has 0 bridgehead atoms. The van der Waals surface area contributed by atoms with Crippen molar-refractivity contribution in [3.63, 3.8) is 0 Å². The van der Waals surface area contributed by atoms with E-state index in [0.717, 1.165) is 4.90 Å². The van der Waals surface area contributed by atoms with Gasteiger partial charge in [0.05, 0.1) is 6.54 Å². The summed E-state index contributed by atoms with van der Waals surface area (Å²) in [6, 6.07) is 16.7. The van der Waals surface area contributed by atoms with E-state index < -0.39 is 0 Å². The Morgan fingerprint density at radius 1 is 1.08 bits per heavy atom. The van der Waals surface area contributed by atoms with Crippen LogP contribution < -0.4 is 10.6 Å². The molecular weight excluding hydrogens is 344 g/mol. The molecule has 2 aromatic rings. The van der Waals surface area contributed by atoms with E-state index in [1.165, 1.54) is 0 Å². The molecule has 4 nitrogen and oxygen atoms in total. The van der Waals surface area contributed by atoms with Crippen molar-refractivity contribution in [1.82, 2.24) is 5.32 Å². The van der Waals surface area contributed by atoms with Crippen LogP contribution in [0, 0.1) is 5.92 Å². The molecule has 0 spiro atoms. The van der Waals surface area contributed by atoms with Crippen molar-refractivity contribution in [2.45, 2.75) is 11.8 Å². The maximum atomic E-state index is 12.0. The molecule has 0 aliphatic heterocycles. The molecule has 0 aliphatic carbocycles. The van der Waals surface area contributed by atoms with Crippen molar-refractivity contribution in [3.05, 3.63) is 59.6 Å². The molecule has 126 valence electrons. The molecule has 0 radical (unpaired) electrons. The maximum absolute atomic E-state index is 12.0. The van der Waals surface area contributed by atoms with Crippen LogP contribution in [0.3, 0.4) is 0 Å². The molecular formula is C18H19ClN2O2S. The highest BCUT2D eigenvalue weighted by molar-refractivity contribution is 7.99. The summed E-state index contributed by atoms with van der Waals surface area (Å²) in [5.74, 6) is 0.0751. The summed E-state index contributed by atoms with van der Waals surface area (Å²) in [7, 11) is 0. The summed E-state index contributed by atoms with van der Waals surface area (Å²) in [5, 5.41) is 5.97. The van der Waals surface area contributed by atoms with Gasteiger partial charge in [0, 0.05) is 27.3 Å². The average Bonchev–Trinajstić information content (AvgIpc) is 2.60. The molecule has 2 rings (SSSR count). The first-order valence-electron chi connectivity index (χ1n) is 7.55. The Balaban J connectivity index is 1.71. The molecule has 2 amide bonds. The van der Waals surface area contributed by atoms with Gasteiger partial charge in [0.2, 0.25) is 11.8 Å². The Kier molecular flexibility index (Phi) is 7.15. The van der Waals surface area contributed by atoms with Gasteiger partial charge in [0.15, 0.2) is 0 Å². The van der Waals surface area contributed by atoms with Crippen molar-refractivity contribution in [1.29, 1.82) is 0 Å². The molecule has 1 unspecified atom stereocenters. The zero-order valence-corrected chi connectivity index (χ0v) is 14.9. The highest BCUT2D eigenvalue weighted by Crippen LogP contribution is 2.20. The first-order valence-corrected chi connectivity index (χ1v) is 8.92. The molecule has 6 heteroatoms. The SMILES string of the molecule is CC(CSc1ccccc1)C(=O)NCC(=O)Nc1ccc(Cl)cc1. The predicted molar refractivity (Wildman–Crippen MR) is 99.4 cm³/mol. The fourth-order valence-corrected chi connectivity index (χ4v) is 2.96. The summed E-state index contributed by atoms with van der Waals surface area (Å²) < 4.78 is 0. The lowest BCUT2D eigenvalue weighted by Gasteiger charge is -2.12. The fraction of sp³-hybridized carbons (Fsp3) is 0.222. The molecule has 1 atom stereocenters. The van der Waals surface area contributed by atoms with Gasteiger partial charge in [0.1, 0.15) is 0 Å². The standard InChI is InChI=1S/C18H19ClN2O2S/c1-13(12-24-16-5-3-2-4-6-16)18(23)20-11-17(22)21-15-9-7-14(19)8-10-15/h2-10,13H,11-12H2,1H3,(H,20,23)(H,21,22). The van der Waals surface area contributed by atoms with Crippen molar-refractivity contribution >= 4 is 40.9 Å². The van der Waals surface area contributed by atoms with Crippen LogP contribution >= 0.6 is 23.4 Å². The number of nitrogens with one attached hydrogen (secondary N) is 2. The number of amides is 2. The molecule has 0 aromatic heterocycles. The Bertz CT molecular complexity index is 677. The lowest BCUT2D eigenvalue weighted by molar-refractivity contribution is -0.126. The quantitative estimate of drug-likeness (QED) is 0.736. The van der Waals surface area contributed by atoms with Gasteiger partial charge in [-0.15, -0.1) is 11.8 Å². The summed E-state index contributed by atoms with van der Waals surface area (Å²) in [6.45, 7) is 1.80. The van der Waals surface area contributed by atoms with E-state index in [9.17, 15) is 9.59 Å². The van der Waals surface area contributed by atoms with Crippen LogP contribution in [-0.2, 0) is 9.59 Å². The topological polar surface area (TPSA) is 58.2 Å². The Morgan fingerprint density at radius 3 is 2.42 bits per heavy atom. The second-order valence-corrected chi connectivity index (χ2v) is 6.83. The highest BCUT2D eigenvalue weighted by Gasteiger charge is 2.14. The second kappa shape index (κ2) is 9.35. The van der Waals surface area contributed by atoms with Crippen LogP contribution in [0.1, 0.15) is 6.92 Å². The van der Waals surface area contributed by atoms with Crippen molar-refractivity contribution < 1.29 is 9.59 Å². The summed E-state index contributed by atoms with van der Waals surface area (Å²) in [4.78, 5) is 25.0. The lowest BCUT2D eigenvalue weighted by Crippen LogP contribution is -2.36. The highest BCUT2D eigenvalue weighted by atomic mass is 35.5. The third-order valence-corrected chi connectivity index (χ3v) is 4.77. The number of hydrogen-bond acceptors (Lipinski definition) is 3. The Labute approximate surface area is 151 Å². The number of hydrogen-bond donors (Lipinski definition) is 2. The number of benzene rings is 2. The number of carbonyl (C=O) groups is 2. The number of carbonyl (C=O) groups excluding carboxylic acids is 2. The number of halogens is 1. The third-order valence-electron chi connectivity index (χ3n) is 3.24. The molecule has 0 saturated heterocycles. The number of thioether (sulfide) groups is 1. The van der Waals surface area contributed by atoms with Crippen molar-refractivity contribution in [2.24, 2.45) is 5.92 Å². The smallest absolute Gasteiger partial charge is 0.243 e. The van der Waals surface area contributed by atoms with Crippen LogP contribution in [0.2, 0.25) is 5.02 Å². The van der Waals surface area contributed by atoms with E-state index in [1.807, 2.05) is 37.3 Å². The fourth-order valence-electron chi connectivity index (χ4n) is 1.89. The zero-order chi connectivity index (χ0) is 17.4. The zero-order valence-electron chi connectivity index (χ0n) is 13.3. The maximum Gasteiger partial charge on any atom is 0.243 e. The van der Waals surface area contributed by atoms with Gasteiger partial charge in [-0.1, -0.05) is 36.7 Å². The van der Waals surface area contributed by atoms with Gasteiger partial charge < -0.3 is 10.6 Å². The minimum absolute atomic E-state index is 0.0538. The number of rotatable bonds is 7. The molecule has 0 heterocycles. The Hall–Kier alpha value is -1.98. The first-order chi connectivity index (χ1) is 11.5. The second-order valence-electron chi connectivity index (χ2n) is 5.30. The molecule has 2 N–H and O–H groups in total. The predicted octanol–water partition coefficient (Wildman–Crippen LogP) is 3.82. The third kappa shape index (κ3) is 6.26. The Morgan fingerprint density at radius 2 is 1.75 bits per heavy atom. The lowest BCUT2D eigenvalue weighted by atomic mass is 10.2. The average molecular weight is 363 g/mol. The van der Waals surface area contributed by atoms with Crippen LogP contribution in [-0.4, -0.2) is 24.1 Å². The van der Waals surface area contributed by atoms with Gasteiger partial charge in [-0.05, 0) is 36.4 Å². The summed E-state index contributed by atoms with van der Waals surface area (Å²) >= 11 is 7.41. The van der Waals surface area contributed by atoms with E-state index in [-0.39, 0.29) is 24.3 Å². The van der Waals surface area contributed by atoms with Gasteiger partial charge in [0.25, 0.3) is 0 Å². The van der Waals surface area contributed by atoms with E-state index in [4.69, 9.17) is 11.6 Å². The molecule has 0 aliphatic rings. The molecule has 0 saturated carbocycles. The minimum atomic E-state index is -0.270. The van der Waals surface area contributed by atoms with E-state index in [2.05, 4.69) is 10.6 Å². The minimum Gasteiger partial charge on any atom is -0.347 e. The monoisotopic (exact) mass is 362 g/mol. The van der Waals surface area contributed by atoms with Gasteiger partial charge in [-0.2, -0.15) is 0 Å². The van der Waals surface area contributed by atoms with Crippen molar-refractivity contribution in [3.8, 4) is 0 Å².